The zero-order valence-electron chi connectivity index (χ0n) is 11.6. The van der Waals surface area contributed by atoms with Gasteiger partial charge in [0.15, 0.2) is 0 Å². The highest BCUT2D eigenvalue weighted by Crippen LogP contribution is 2.32. The lowest BCUT2D eigenvalue weighted by Crippen LogP contribution is -2.12. The summed E-state index contributed by atoms with van der Waals surface area (Å²) in [6.07, 6.45) is -3.26. The molecule has 0 aliphatic heterocycles. The van der Waals surface area contributed by atoms with E-state index in [4.69, 9.17) is 9.47 Å². The van der Waals surface area contributed by atoms with Crippen molar-refractivity contribution in [2.75, 3.05) is 7.11 Å². The highest BCUT2D eigenvalue weighted by atomic mass is 19.4. The number of halogens is 3. The zero-order valence-corrected chi connectivity index (χ0v) is 11.6. The quantitative estimate of drug-likeness (QED) is 0.811. The van der Waals surface area contributed by atoms with E-state index in [9.17, 15) is 18.0 Å². The Morgan fingerprint density at radius 1 is 1.18 bits per heavy atom. The summed E-state index contributed by atoms with van der Waals surface area (Å²) in [6.45, 7) is -0.472. The monoisotopic (exact) mass is 311 g/mol. The van der Waals surface area contributed by atoms with Crippen molar-refractivity contribution >= 4 is 5.97 Å². The molecule has 1 aromatic carbocycles. The van der Waals surface area contributed by atoms with Crippen LogP contribution in [0.2, 0.25) is 0 Å². The van der Waals surface area contributed by atoms with Crippen molar-refractivity contribution in [3.05, 3.63) is 59.3 Å². The smallest absolute Gasteiger partial charge is 0.416 e. The summed E-state index contributed by atoms with van der Waals surface area (Å²) in [4.78, 5) is 15.6. The fourth-order valence-electron chi connectivity index (χ4n) is 1.77. The second-order valence-corrected chi connectivity index (χ2v) is 4.32. The summed E-state index contributed by atoms with van der Waals surface area (Å²) >= 11 is 0. The maximum absolute atomic E-state index is 12.8. The first kappa shape index (κ1) is 15.8. The van der Waals surface area contributed by atoms with E-state index in [0.29, 0.717) is 5.88 Å². The molecule has 0 radical (unpaired) electrons. The third-order valence-corrected chi connectivity index (χ3v) is 2.86. The topological polar surface area (TPSA) is 48.4 Å². The number of hydrogen-bond donors (Lipinski definition) is 0. The van der Waals surface area contributed by atoms with Crippen LogP contribution >= 0.6 is 0 Å². The van der Waals surface area contributed by atoms with Crippen molar-refractivity contribution in [2.45, 2.75) is 12.8 Å². The van der Waals surface area contributed by atoms with Crippen LogP contribution in [0.15, 0.2) is 42.6 Å². The van der Waals surface area contributed by atoms with Crippen LogP contribution in [-0.4, -0.2) is 18.1 Å². The molecule has 116 valence electrons. The van der Waals surface area contributed by atoms with Crippen LogP contribution in [0.25, 0.3) is 0 Å². The van der Waals surface area contributed by atoms with Gasteiger partial charge in [-0.1, -0.05) is 18.2 Å². The molecule has 2 rings (SSSR count). The minimum atomic E-state index is -4.50. The largest absolute Gasteiger partial charge is 0.481 e. The molecule has 0 aliphatic rings. The molecular weight excluding hydrogens is 299 g/mol. The van der Waals surface area contributed by atoms with Crippen LogP contribution in [0.1, 0.15) is 21.5 Å². The van der Waals surface area contributed by atoms with Crippen molar-refractivity contribution < 1.29 is 27.4 Å². The molecule has 7 heteroatoms. The van der Waals surface area contributed by atoms with Gasteiger partial charge in [-0.25, -0.2) is 9.78 Å². The molecule has 4 nitrogen and oxygen atoms in total. The molecule has 0 fully saturated rings. The Labute approximate surface area is 124 Å². The van der Waals surface area contributed by atoms with Crippen LogP contribution < -0.4 is 4.74 Å². The lowest BCUT2D eigenvalue weighted by molar-refractivity contribution is -0.138. The molecule has 0 unspecified atom stereocenters. The molecule has 2 aromatic rings. The Kier molecular flexibility index (Phi) is 4.65. The van der Waals surface area contributed by atoms with Crippen LogP contribution in [-0.2, 0) is 17.5 Å². The summed E-state index contributed by atoms with van der Waals surface area (Å²) in [5, 5.41) is 0. The normalized spacial score (nSPS) is 11.1. The lowest BCUT2D eigenvalue weighted by atomic mass is 10.1. The Hall–Kier alpha value is -2.57. The standard InChI is InChI=1S/C15H12F3NO3/c1-21-13-7-6-10(8-19-13)14(20)22-9-11-4-2-3-5-12(11)15(16,17)18/h2-8H,9H2,1H3. The Morgan fingerprint density at radius 2 is 1.91 bits per heavy atom. The highest BCUT2D eigenvalue weighted by Gasteiger charge is 2.33. The van der Waals surface area contributed by atoms with Gasteiger partial charge in [0.25, 0.3) is 0 Å². The third-order valence-electron chi connectivity index (χ3n) is 2.86. The zero-order chi connectivity index (χ0) is 16.2. The number of pyridine rings is 1. The summed E-state index contributed by atoms with van der Waals surface area (Å²) < 4.78 is 48.2. The first-order valence-corrected chi connectivity index (χ1v) is 6.24. The first-order chi connectivity index (χ1) is 10.4. The van der Waals surface area contributed by atoms with Gasteiger partial charge in [-0.15, -0.1) is 0 Å². The van der Waals surface area contributed by atoms with Gasteiger partial charge < -0.3 is 9.47 Å². The number of carbonyl (C=O) groups excluding carboxylic acids is 1. The summed E-state index contributed by atoms with van der Waals surface area (Å²) in [6, 6.07) is 7.82. The molecule has 0 amide bonds. The van der Waals surface area contributed by atoms with Crippen molar-refractivity contribution in [3.8, 4) is 5.88 Å². The van der Waals surface area contributed by atoms with E-state index in [1.165, 1.54) is 43.6 Å². The maximum atomic E-state index is 12.8. The van der Waals surface area contributed by atoms with Gasteiger partial charge in [-0.3, -0.25) is 0 Å². The number of aromatic nitrogens is 1. The van der Waals surface area contributed by atoms with Gasteiger partial charge >= 0.3 is 12.1 Å². The molecule has 1 heterocycles. The number of carbonyl (C=O) groups is 1. The molecule has 22 heavy (non-hydrogen) atoms. The van der Waals surface area contributed by atoms with Crippen LogP contribution in [0.3, 0.4) is 0 Å². The van der Waals surface area contributed by atoms with Gasteiger partial charge in [-0.2, -0.15) is 13.2 Å². The van der Waals surface area contributed by atoms with Gasteiger partial charge in [0.1, 0.15) is 6.61 Å². The summed E-state index contributed by atoms with van der Waals surface area (Å²) in [5.74, 6) is -0.439. The molecule has 0 saturated heterocycles. The predicted octanol–water partition coefficient (Wildman–Crippen LogP) is 3.47. The highest BCUT2D eigenvalue weighted by molar-refractivity contribution is 5.89. The minimum absolute atomic E-state index is 0.107. The second kappa shape index (κ2) is 6.46. The summed E-state index contributed by atoms with van der Waals surface area (Å²) in [5.41, 5.74) is -0.800. The number of ether oxygens (including phenoxy) is 2. The van der Waals surface area contributed by atoms with E-state index in [-0.39, 0.29) is 11.1 Å². The fraction of sp³-hybridized carbons (Fsp3) is 0.200. The van der Waals surface area contributed by atoms with E-state index < -0.39 is 24.3 Å². The van der Waals surface area contributed by atoms with E-state index in [0.717, 1.165) is 6.07 Å². The van der Waals surface area contributed by atoms with Gasteiger partial charge in [0.05, 0.1) is 18.2 Å². The fourth-order valence-corrected chi connectivity index (χ4v) is 1.77. The molecule has 0 spiro atoms. The molecule has 0 atom stereocenters. The van der Waals surface area contributed by atoms with Crippen molar-refractivity contribution in [2.24, 2.45) is 0 Å². The maximum Gasteiger partial charge on any atom is 0.416 e. The number of nitrogens with zero attached hydrogens (tertiary/aromatic N) is 1. The molecule has 1 aromatic heterocycles. The molecule has 0 N–H and O–H groups in total. The summed E-state index contributed by atoms with van der Waals surface area (Å²) in [7, 11) is 1.42. The average Bonchev–Trinajstić information content (AvgIpc) is 2.52. The SMILES string of the molecule is COc1ccc(C(=O)OCc2ccccc2C(F)(F)F)cn1. The number of alkyl halides is 3. The molecular formula is C15H12F3NO3. The van der Waals surface area contributed by atoms with Crippen molar-refractivity contribution in [1.82, 2.24) is 4.98 Å². The molecule has 0 bridgehead atoms. The van der Waals surface area contributed by atoms with Crippen LogP contribution in [0.4, 0.5) is 13.2 Å². The predicted molar refractivity (Wildman–Crippen MR) is 71.4 cm³/mol. The molecule has 0 aliphatic carbocycles. The van der Waals surface area contributed by atoms with E-state index in [1.807, 2.05) is 0 Å². The Morgan fingerprint density at radius 3 is 2.50 bits per heavy atom. The lowest BCUT2D eigenvalue weighted by Gasteiger charge is -2.12. The number of methoxy groups -OCH3 is 1. The van der Waals surface area contributed by atoms with Crippen LogP contribution in [0, 0.1) is 0 Å². The van der Waals surface area contributed by atoms with Gasteiger partial charge in [0.2, 0.25) is 5.88 Å². The number of esters is 1. The second-order valence-electron chi connectivity index (χ2n) is 4.32. The Balaban J connectivity index is 2.08. The van der Waals surface area contributed by atoms with E-state index in [1.54, 1.807) is 0 Å². The average molecular weight is 311 g/mol. The number of rotatable bonds is 4. The van der Waals surface area contributed by atoms with Crippen molar-refractivity contribution in [1.29, 1.82) is 0 Å². The van der Waals surface area contributed by atoms with Crippen molar-refractivity contribution in [3.63, 3.8) is 0 Å². The van der Waals surface area contributed by atoms with E-state index in [2.05, 4.69) is 4.98 Å². The molecule has 0 saturated carbocycles. The first-order valence-electron chi connectivity index (χ1n) is 6.24. The van der Waals surface area contributed by atoms with E-state index >= 15 is 0 Å². The third kappa shape index (κ3) is 3.75. The minimum Gasteiger partial charge on any atom is -0.481 e. The number of benzene rings is 1. The Bertz CT molecular complexity index is 654. The number of hydrogen-bond acceptors (Lipinski definition) is 4. The van der Waals surface area contributed by atoms with Gasteiger partial charge in [-0.05, 0) is 12.1 Å². The van der Waals surface area contributed by atoms with Gasteiger partial charge in [0, 0.05) is 17.8 Å². The van der Waals surface area contributed by atoms with Crippen LogP contribution in [0.5, 0.6) is 5.88 Å².